The normalized spacial score (nSPS) is 16.0. The molecule has 1 aromatic carbocycles. The van der Waals surface area contributed by atoms with Crippen molar-refractivity contribution in [3.8, 4) is 11.5 Å². The summed E-state index contributed by atoms with van der Waals surface area (Å²) in [6.07, 6.45) is 0.436. The highest BCUT2D eigenvalue weighted by Crippen LogP contribution is 2.33. The molecule has 0 amide bonds. The van der Waals surface area contributed by atoms with E-state index in [1.54, 1.807) is 0 Å². The molecule has 0 saturated heterocycles. The van der Waals surface area contributed by atoms with Crippen LogP contribution >= 0.6 is 0 Å². The summed E-state index contributed by atoms with van der Waals surface area (Å²) >= 11 is 0. The van der Waals surface area contributed by atoms with Gasteiger partial charge in [-0.3, -0.25) is 0 Å². The maximum atomic E-state index is 6.24. The standard InChI is InChI=1S/C15H23NO4/c1-3-17-15(18-4-2)14(16)11-6-7-12-13(10-11)20-9-5-8-19-12/h6-7,10,14-15H,3-5,8-9,16H2,1-2H3. The zero-order chi connectivity index (χ0) is 14.4. The Labute approximate surface area is 120 Å². The molecule has 2 rings (SSSR count). The molecule has 0 aliphatic carbocycles. The lowest BCUT2D eigenvalue weighted by Gasteiger charge is -2.24. The molecule has 0 fully saturated rings. The number of nitrogens with two attached hydrogens (primary N) is 1. The molecule has 1 atom stereocenters. The van der Waals surface area contributed by atoms with Gasteiger partial charge >= 0.3 is 0 Å². The third kappa shape index (κ3) is 3.62. The molecule has 1 unspecified atom stereocenters. The van der Waals surface area contributed by atoms with Crippen molar-refractivity contribution in [2.45, 2.75) is 32.6 Å². The topological polar surface area (TPSA) is 62.9 Å². The summed E-state index contributed by atoms with van der Waals surface area (Å²) in [6, 6.07) is 5.39. The minimum absolute atomic E-state index is 0.355. The first-order valence-electron chi connectivity index (χ1n) is 7.14. The molecule has 5 nitrogen and oxygen atoms in total. The maximum Gasteiger partial charge on any atom is 0.176 e. The summed E-state index contributed by atoms with van der Waals surface area (Å²) in [5.41, 5.74) is 7.15. The first-order chi connectivity index (χ1) is 9.76. The van der Waals surface area contributed by atoms with Crippen molar-refractivity contribution in [2.24, 2.45) is 5.73 Å². The van der Waals surface area contributed by atoms with Gasteiger partial charge in [-0.1, -0.05) is 6.07 Å². The van der Waals surface area contributed by atoms with E-state index in [-0.39, 0.29) is 6.04 Å². The molecular formula is C15H23NO4. The van der Waals surface area contributed by atoms with Gasteiger partial charge in [-0.05, 0) is 31.5 Å². The molecule has 112 valence electrons. The molecule has 0 aromatic heterocycles. The molecule has 1 aliphatic heterocycles. The van der Waals surface area contributed by atoms with E-state index in [9.17, 15) is 0 Å². The second-order valence-corrected chi connectivity index (χ2v) is 4.56. The van der Waals surface area contributed by atoms with Crippen molar-refractivity contribution in [1.82, 2.24) is 0 Å². The van der Waals surface area contributed by atoms with Crippen molar-refractivity contribution in [1.29, 1.82) is 0 Å². The van der Waals surface area contributed by atoms with Crippen LogP contribution in [-0.4, -0.2) is 32.7 Å². The number of benzene rings is 1. The zero-order valence-electron chi connectivity index (χ0n) is 12.1. The van der Waals surface area contributed by atoms with Crippen LogP contribution < -0.4 is 15.2 Å². The smallest absolute Gasteiger partial charge is 0.176 e. The van der Waals surface area contributed by atoms with E-state index in [1.807, 2.05) is 32.0 Å². The van der Waals surface area contributed by atoms with Crippen LogP contribution in [0.25, 0.3) is 0 Å². The quantitative estimate of drug-likeness (QED) is 0.810. The molecule has 0 bridgehead atoms. The minimum atomic E-state index is -0.449. The number of ether oxygens (including phenoxy) is 4. The number of hydrogen-bond donors (Lipinski definition) is 1. The molecule has 0 saturated carbocycles. The highest BCUT2D eigenvalue weighted by atomic mass is 16.7. The van der Waals surface area contributed by atoms with Gasteiger partial charge < -0.3 is 24.7 Å². The van der Waals surface area contributed by atoms with Crippen LogP contribution in [0.2, 0.25) is 0 Å². The van der Waals surface area contributed by atoms with Gasteiger partial charge in [-0.15, -0.1) is 0 Å². The summed E-state index contributed by atoms with van der Waals surface area (Å²) in [4.78, 5) is 0. The van der Waals surface area contributed by atoms with Gasteiger partial charge in [0.1, 0.15) is 0 Å². The lowest BCUT2D eigenvalue weighted by atomic mass is 10.1. The molecular weight excluding hydrogens is 258 g/mol. The molecule has 2 N–H and O–H groups in total. The fourth-order valence-electron chi connectivity index (χ4n) is 2.13. The molecule has 5 heteroatoms. The van der Waals surface area contributed by atoms with E-state index in [1.165, 1.54) is 0 Å². The summed E-state index contributed by atoms with van der Waals surface area (Å²) < 4.78 is 22.4. The second-order valence-electron chi connectivity index (χ2n) is 4.56. The lowest BCUT2D eigenvalue weighted by Crippen LogP contribution is -2.31. The molecule has 20 heavy (non-hydrogen) atoms. The van der Waals surface area contributed by atoms with Crippen molar-refractivity contribution in [2.75, 3.05) is 26.4 Å². The Bertz CT molecular complexity index is 418. The third-order valence-electron chi connectivity index (χ3n) is 3.11. The van der Waals surface area contributed by atoms with Crippen molar-refractivity contribution >= 4 is 0 Å². The lowest BCUT2D eigenvalue weighted by molar-refractivity contribution is -0.149. The highest BCUT2D eigenvalue weighted by molar-refractivity contribution is 5.44. The molecule has 1 heterocycles. The zero-order valence-corrected chi connectivity index (χ0v) is 12.1. The van der Waals surface area contributed by atoms with Crippen molar-refractivity contribution < 1.29 is 18.9 Å². The Morgan fingerprint density at radius 3 is 2.40 bits per heavy atom. The van der Waals surface area contributed by atoms with Gasteiger partial charge in [0.25, 0.3) is 0 Å². The van der Waals surface area contributed by atoms with Crippen LogP contribution in [-0.2, 0) is 9.47 Å². The van der Waals surface area contributed by atoms with E-state index in [2.05, 4.69) is 0 Å². The minimum Gasteiger partial charge on any atom is -0.490 e. The molecule has 0 spiro atoms. The number of hydrogen-bond acceptors (Lipinski definition) is 5. The van der Waals surface area contributed by atoms with Gasteiger partial charge in [-0.25, -0.2) is 0 Å². The Morgan fingerprint density at radius 1 is 1.10 bits per heavy atom. The largest absolute Gasteiger partial charge is 0.490 e. The van der Waals surface area contributed by atoms with Crippen LogP contribution in [0.1, 0.15) is 31.9 Å². The van der Waals surface area contributed by atoms with Gasteiger partial charge in [0.2, 0.25) is 0 Å². The SMILES string of the molecule is CCOC(OCC)C(N)c1ccc2c(c1)OCCCO2. The van der Waals surface area contributed by atoms with Gasteiger partial charge in [0.05, 0.1) is 19.3 Å². The van der Waals surface area contributed by atoms with Crippen LogP contribution in [0.4, 0.5) is 0 Å². The summed E-state index contributed by atoms with van der Waals surface area (Å²) in [5, 5.41) is 0. The van der Waals surface area contributed by atoms with Gasteiger partial charge in [-0.2, -0.15) is 0 Å². The average molecular weight is 281 g/mol. The highest BCUT2D eigenvalue weighted by Gasteiger charge is 2.22. The van der Waals surface area contributed by atoms with Crippen molar-refractivity contribution in [3.63, 3.8) is 0 Å². The Kier molecular flexibility index (Phi) is 5.64. The molecule has 0 radical (unpaired) electrons. The summed E-state index contributed by atoms with van der Waals surface area (Å²) in [7, 11) is 0. The van der Waals surface area contributed by atoms with E-state index in [4.69, 9.17) is 24.7 Å². The van der Waals surface area contributed by atoms with Crippen molar-refractivity contribution in [3.05, 3.63) is 23.8 Å². The predicted octanol–water partition coefficient (Wildman–Crippen LogP) is 2.25. The number of fused-ring (bicyclic) bond motifs is 1. The van der Waals surface area contributed by atoms with E-state index < -0.39 is 6.29 Å². The fourth-order valence-corrected chi connectivity index (χ4v) is 2.13. The number of rotatable bonds is 6. The van der Waals surface area contributed by atoms with Crippen LogP contribution in [0, 0.1) is 0 Å². The van der Waals surface area contributed by atoms with Crippen LogP contribution in [0.5, 0.6) is 11.5 Å². The second kappa shape index (κ2) is 7.47. The third-order valence-corrected chi connectivity index (χ3v) is 3.11. The molecule has 1 aliphatic rings. The Morgan fingerprint density at radius 2 is 1.75 bits per heavy atom. The first kappa shape index (κ1) is 15.1. The average Bonchev–Trinajstić information content (AvgIpc) is 2.70. The van der Waals surface area contributed by atoms with Crippen LogP contribution in [0.3, 0.4) is 0 Å². The van der Waals surface area contributed by atoms with Gasteiger partial charge in [0, 0.05) is 19.6 Å². The van der Waals surface area contributed by atoms with Crippen LogP contribution in [0.15, 0.2) is 18.2 Å². The Balaban J connectivity index is 2.16. The van der Waals surface area contributed by atoms with Gasteiger partial charge in [0.15, 0.2) is 17.8 Å². The maximum absolute atomic E-state index is 6.24. The fraction of sp³-hybridized carbons (Fsp3) is 0.600. The van der Waals surface area contributed by atoms with E-state index >= 15 is 0 Å². The molecule has 1 aromatic rings. The van der Waals surface area contributed by atoms with E-state index in [0.717, 1.165) is 23.5 Å². The predicted molar refractivity (Wildman–Crippen MR) is 76.0 cm³/mol. The summed E-state index contributed by atoms with van der Waals surface area (Å²) in [5.74, 6) is 1.50. The Hall–Kier alpha value is -1.30. The first-order valence-corrected chi connectivity index (χ1v) is 7.14. The monoisotopic (exact) mass is 281 g/mol. The van der Waals surface area contributed by atoms with E-state index in [0.29, 0.717) is 26.4 Å². The summed E-state index contributed by atoms with van der Waals surface area (Å²) in [6.45, 7) is 6.30.